The number of thiophene rings is 1. The zero-order valence-electron chi connectivity index (χ0n) is 15.4. The smallest absolute Gasteiger partial charge is 0.276 e. The van der Waals surface area contributed by atoms with Crippen molar-refractivity contribution < 1.29 is 4.42 Å². The molecule has 0 N–H and O–H groups in total. The zero-order valence-corrected chi connectivity index (χ0v) is 16.9. The highest BCUT2D eigenvalue weighted by atomic mass is 35.5. The van der Waals surface area contributed by atoms with E-state index in [-0.39, 0.29) is 5.56 Å². The quantitative estimate of drug-likeness (QED) is 0.413. The Bertz CT molecular complexity index is 1360. The molecule has 1 aromatic carbocycles. The molecule has 5 rings (SSSR count). The highest BCUT2D eigenvalue weighted by molar-refractivity contribution is 7.13. The lowest BCUT2D eigenvalue weighted by molar-refractivity contribution is 0.537. The number of rotatable bonds is 4. The Morgan fingerprint density at radius 2 is 2.00 bits per heavy atom. The fourth-order valence-electron chi connectivity index (χ4n) is 3.15. The molecule has 6 nitrogen and oxygen atoms in total. The highest BCUT2D eigenvalue weighted by Crippen LogP contribution is 2.25. The van der Waals surface area contributed by atoms with Gasteiger partial charge < -0.3 is 8.98 Å². The fraction of sp³-hybridized carbons (Fsp3) is 0.0952. The average Bonchev–Trinajstić information content (AvgIpc) is 3.45. The van der Waals surface area contributed by atoms with E-state index in [0.717, 1.165) is 16.1 Å². The minimum absolute atomic E-state index is 0.127. The van der Waals surface area contributed by atoms with Crippen molar-refractivity contribution in [1.29, 1.82) is 0 Å². The number of aryl methyl sites for hydroxylation is 1. The van der Waals surface area contributed by atoms with Crippen molar-refractivity contribution in [2.24, 2.45) is 0 Å². The normalized spacial score (nSPS) is 11.4. The Morgan fingerprint density at radius 1 is 1.17 bits per heavy atom. The van der Waals surface area contributed by atoms with Gasteiger partial charge in [-0.25, -0.2) is 9.50 Å². The maximum atomic E-state index is 13.0. The number of oxazole rings is 1. The predicted octanol–water partition coefficient (Wildman–Crippen LogP) is 4.89. The summed E-state index contributed by atoms with van der Waals surface area (Å²) in [6.45, 7) is 2.16. The SMILES string of the molecule is Cc1oc(-c2ccc(Cl)cc2)nc1Cn1ccn2nc(-c3cccs3)cc2c1=O. The summed E-state index contributed by atoms with van der Waals surface area (Å²) < 4.78 is 9.04. The summed E-state index contributed by atoms with van der Waals surface area (Å²) in [4.78, 5) is 18.6. The number of hydrogen-bond acceptors (Lipinski definition) is 5. The van der Waals surface area contributed by atoms with Gasteiger partial charge in [0, 0.05) is 23.0 Å². The Balaban J connectivity index is 1.50. The predicted molar refractivity (Wildman–Crippen MR) is 114 cm³/mol. The van der Waals surface area contributed by atoms with Gasteiger partial charge in [-0.3, -0.25) is 4.79 Å². The number of aromatic nitrogens is 4. The van der Waals surface area contributed by atoms with Gasteiger partial charge >= 0.3 is 0 Å². The molecule has 4 aromatic heterocycles. The first-order valence-electron chi connectivity index (χ1n) is 8.93. The van der Waals surface area contributed by atoms with Gasteiger partial charge in [0.1, 0.15) is 22.7 Å². The maximum Gasteiger partial charge on any atom is 0.276 e. The van der Waals surface area contributed by atoms with E-state index < -0.39 is 0 Å². The third-order valence-electron chi connectivity index (χ3n) is 4.68. The molecule has 8 heteroatoms. The van der Waals surface area contributed by atoms with Crippen LogP contribution in [0.2, 0.25) is 5.02 Å². The van der Waals surface area contributed by atoms with Crippen LogP contribution in [-0.2, 0) is 6.54 Å². The molecule has 0 aliphatic heterocycles. The highest BCUT2D eigenvalue weighted by Gasteiger charge is 2.15. The van der Waals surface area contributed by atoms with Crippen LogP contribution in [0, 0.1) is 6.92 Å². The van der Waals surface area contributed by atoms with Crippen LogP contribution in [0.15, 0.2) is 69.5 Å². The number of benzene rings is 1. The molecular formula is C21H15ClN4O2S. The molecule has 0 amide bonds. The van der Waals surface area contributed by atoms with Crippen molar-refractivity contribution in [3.8, 4) is 22.0 Å². The van der Waals surface area contributed by atoms with E-state index >= 15 is 0 Å². The molecule has 0 aliphatic carbocycles. The molecule has 0 bridgehead atoms. The molecule has 0 aliphatic rings. The van der Waals surface area contributed by atoms with Crippen molar-refractivity contribution in [1.82, 2.24) is 19.2 Å². The minimum Gasteiger partial charge on any atom is -0.441 e. The number of hydrogen-bond donors (Lipinski definition) is 0. The second kappa shape index (κ2) is 7.02. The third kappa shape index (κ3) is 3.28. The molecule has 0 radical (unpaired) electrons. The Labute approximate surface area is 174 Å². The van der Waals surface area contributed by atoms with Gasteiger partial charge in [0.05, 0.1) is 11.4 Å². The molecule has 0 unspecified atom stereocenters. The molecule has 29 heavy (non-hydrogen) atoms. The van der Waals surface area contributed by atoms with Crippen LogP contribution in [0.1, 0.15) is 11.5 Å². The molecule has 5 aromatic rings. The molecule has 0 spiro atoms. The van der Waals surface area contributed by atoms with Gasteiger partial charge in [-0.1, -0.05) is 17.7 Å². The van der Waals surface area contributed by atoms with Crippen LogP contribution < -0.4 is 5.56 Å². The number of nitrogens with zero attached hydrogens (tertiary/aromatic N) is 4. The second-order valence-electron chi connectivity index (χ2n) is 6.60. The monoisotopic (exact) mass is 422 g/mol. The van der Waals surface area contributed by atoms with E-state index in [0.29, 0.717) is 34.4 Å². The van der Waals surface area contributed by atoms with Gasteiger partial charge in [-0.05, 0) is 48.7 Å². The summed E-state index contributed by atoms with van der Waals surface area (Å²) in [6.07, 6.45) is 3.50. The molecular weight excluding hydrogens is 408 g/mol. The molecule has 4 heterocycles. The van der Waals surface area contributed by atoms with Gasteiger partial charge in [0.2, 0.25) is 5.89 Å². The van der Waals surface area contributed by atoms with Gasteiger partial charge in [-0.15, -0.1) is 11.3 Å². The molecule has 0 saturated heterocycles. The van der Waals surface area contributed by atoms with E-state index in [4.69, 9.17) is 16.0 Å². The standard InChI is InChI=1S/C21H15ClN4O2S/c1-13-17(23-20(28-13)14-4-6-15(22)7-5-14)12-25-8-9-26-18(21(25)27)11-16(24-26)19-3-2-10-29-19/h2-11H,12H2,1H3. The Kier molecular flexibility index (Phi) is 4.34. The first-order chi connectivity index (χ1) is 14.1. The van der Waals surface area contributed by atoms with E-state index in [1.54, 1.807) is 44.9 Å². The van der Waals surface area contributed by atoms with Gasteiger partial charge in [-0.2, -0.15) is 5.10 Å². The lowest BCUT2D eigenvalue weighted by Gasteiger charge is -2.03. The summed E-state index contributed by atoms with van der Waals surface area (Å²) in [6, 6.07) is 13.1. The van der Waals surface area contributed by atoms with Crippen molar-refractivity contribution in [2.45, 2.75) is 13.5 Å². The van der Waals surface area contributed by atoms with Gasteiger partial charge in [0.15, 0.2) is 0 Å². The fourth-order valence-corrected chi connectivity index (χ4v) is 3.95. The third-order valence-corrected chi connectivity index (χ3v) is 5.83. The van der Waals surface area contributed by atoms with E-state index in [1.807, 2.05) is 42.6 Å². The van der Waals surface area contributed by atoms with E-state index in [1.165, 1.54) is 0 Å². The van der Waals surface area contributed by atoms with Crippen molar-refractivity contribution in [2.75, 3.05) is 0 Å². The molecule has 0 saturated carbocycles. The Hall–Kier alpha value is -3.16. The first-order valence-corrected chi connectivity index (χ1v) is 10.2. The zero-order chi connectivity index (χ0) is 20.0. The summed E-state index contributed by atoms with van der Waals surface area (Å²) in [5.41, 5.74) is 2.73. The topological polar surface area (TPSA) is 65.3 Å². The lowest BCUT2D eigenvalue weighted by Crippen LogP contribution is -2.22. The van der Waals surface area contributed by atoms with Crippen LogP contribution in [0.5, 0.6) is 0 Å². The largest absolute Gasteiger partial charge is 0.441 e. The minimum atomic E-state index is -0.127. The Morgan fingerprint density at radius 3 is 2.76 bits per heavy atom. The van der Waals surface area contributed by atoms with Crippen molar-refractivity contribution in [3.63, 3.8) is 0 Å². The van der Waals surface area contributed by atoms with Crippen LogP contribution in [0.25, 0.3) is 27.5 Å². The second-order valence-corrected chi connectivity index (χ2v) is 7.98. The van der Waals surface area contributed by atoms with Crippen LogP contribution in [0.4, 0.5) is 0 Å². The number of fused-ring (bicyclic) bond motifs is 1. The van der Waals surface area contributed by atoms with E-state index in [2.05, 4.69) is 10.1 Å². The number of halogens is 1. The van der Waals surface area contributed by atoms with Crippen LogP contribution in [0.3, 0.4) is 0 Å². The molecule has 0 atom stereocenters. The van der Waals surface area contributed by atoms with Crippen molar-refractivity contribution in [3.05, 3.63) is 87.1 Å². The van der Waals surface area contributed by atoms with Crippen LogP contribution in [-0.4, -0.2) is 19.2 Å². The summed E-state index contributed by atoms with van der Waals surface area (Å²) in [5.74, 6) is 1.18. The van der Waals surface area contributed by atoms with Gasteiger partial charge in [0.25, 0.3) is 5.56 Å². The maximum absolute atomic E-state index is 13.0. The van der Waals surface area contributed by atoms with E-state index in [9.17, 15) is 4.79 Å². The summed E-state index contributed by atoms with van der Waals surface area (Å²) in [7, 11) is 0. The van der Waals surface area contributed by atoms with Crippen molar-refractivity contribution >= 4 is 28.5 Å². The lowest BCUT2D eigenvalue weighted by atomic mass is 10.2. The average molecular weight is 423 g/mol. The summed E-state index contributed by atoms with van der Waals surface area (Å²) in [5, 5.41) is 7.14. The summed E-state index contributed by atoms with van der Waals surface area (Å²) >= 11 is 7.54. The molecule has 0 fully saturated rings. The van der Waals surface area contributed by atoms with Crippen LogP contribution >= 0.6 is 22.9 Å². The first kappa shape index (κ1) is 17.9. The molecule has 144 valence electrons.